The molecule has 1 aliphatic rings. The minimum Gasteiger partial charge on any atom is -0.462 e. The second kappa shape index (κ2) is 9.28. The molecular formula is C19H24N6O4. The molecular weight excluding hydrogens is 376 g/mol. The first kappa shape index (κ1) is 20.5. The first-order chi connectivity index (χ1) is 14.0. The Morgan fingerprint density at radius 3 is 2.45 bits per heavy atom. The van der Waals surface area contributed by atoms with E-state index in [2.05, 4.69) is 27.1 Å². The molecule has 1 saturated heterocycles. The van der Waals surface area contributed by atoms with E-state index in [1.54, 1.807) is 31.2 Å². The van der Waals surface area contributed by atoms with Gasteiger partial charge in [0, 0.05) is 31.9 Å². The maximum absolute atomic E-state index is 11.8. The van der Waals surface area contributed by atoms with Gasteiger partial charge in [0.25, 0.3) is 0 Å². The normalized spacial score (nSPS) is 14.5. The zero-order valence-electron chi connectivity index (χ0n) is 16.5. The van der Waals surface area contributed by atoms with Gasteiger partial charge in [-0.3, -0.25) is 10.1 Å². The number of benzene rings is 1. The van der Waals surface area contributed by atoms with Crippen LogP contribution in [0.2, 0.25) is 0 Å². The van der Waals surface area contributed by atoms with Crippen molar-refractivity contribution in [2.45, 2.75) is 13.8 Å². The van der Waals surface area contributed by atoms with Gasteiger partial charge in [-0.15, -0.1) is 0 Å². The molecule has 0 unspecified atom stereocenters. The quantitative estimate of drug-likeness (QED) is 0.425. The predicted molar refractivity (Wildman–Crippen MR) is 109 cm³/mol. The lowest BCUT2D eigenvalue weighted by molar-refractivity contribution is -0.383. The number of aromatic nitrogens is 2. The molecule has 3 rings (SSSR count). The van der Waals surface area contributed by atoms with E-state index in [9.17, 15) is 14.9 Å². The zero-order valence-corrected chi connectivity index (χ0v) is 16.5. The highest BCUT2D eigenvalue weighted by molar-refractivity contribution is 5.90. The summed E-state index contributed by atoms with van der Waals surface area (Å²) in [5.74, 6) is 0.00813. The molecule has 29 heavy (non-hydrogen) atoms. The Labute approximate surface area is 168 Å². The van der Waals surface area contributed by atoms with Crippen LogP contribution in [0.3, 0.4) is 0 Å². The predicted octanol–water partition coefficient (Wildman–Crippen LogP) is 2.45. The average molecular weight is 400 g/mol. The largest absolute Gasteiger partial charge is 0.462 e. The summed E-state index contributed by atoms with van der Waals surface area (Å²) in [6.45, 7) is 8.07. The monoisotopic (exact) mass is 400 g/mol. The lowest BCUT2D eigenvalue weighted by atomic mass is 10.2. The number of nitrogens with zero attached hydrogens (tertiary/aromatic N) is 5. The van der Waals surface area contributed by atoms with Crippen molar-refractivity contribution < 1.29 is 14.5 Å². The van der Waals surface area contributed by atoms with Gasteiger partial charge in [-0.2, -0.15) is 0 Å². The van der Waals surface area contributed by atoms with Crippen LogP contribution >= 0.6 is 0 Å². The van der Waals surface area contributed by atoms with Crippen LogP contribution in [-0.4, -0.2) is 65.1 Å². The fourth-order valence-corrected chi connectivity index (χ4v) is 3.18. The highest BCUT2D eigenvalue weighted by atomic mass is 16.6. The van der Waals surface area contributed by atoms with E-state index in [4.69, 9.17) is 4.74 Å². The SMILES string of the molecule is CCOC(=O)c1ccc(Nc2ncnc(N3CCN(CC)CC3)c2[N+](=O)[O-])cc1. The molecule has 0 radical (unpaired) electrons. The molecule has 1 fully saturated rings. The minimum absolute atomic E-state index is 0.113. The molecule has 0 aliphatic carbocycles. The van der Waals surface area contributed by atoms with Crippen LogP contribution in [0.1, 0.15) is 24.2 Å². The molecule has 0 saturated carbocycles. The third-order valence-electron chi connectivity index (χ3n) is 4.76. The van der Waals surface area contributed by atoms with Crippen molar-refractivity contribution in [3.05, 3.63) is 46.3 Å². The molecule has 0 atom stereocenters. The fourth-order valence-electron chi connectivity index (χ4n) is 3.18. The lowest BCUT2D eigenvalue weighted by Crippen LogP contribution is -2.46. The molecule has 0 amide bonds. The summed E-state index contributed by atoms with van der Waals surface area (Å²) in [5, 5.41) is 14.8. The molecule has 0 bridgehead atoms. The number of ether oxygens (including phenoxy) is 1. The van der Waals surface area contributed by atoms with Gasteiger partial charge in [0.05, 0.1) is 17.1 Å². The van der Waals surface area contributed by atoms with Crippen molar-refractivity contribution in [3.63, 3.8) is 0 Å². The van der Waals surface area contributed by atoms with Gasteiger partial charge in [0.2, 0.25) is 11.6 Å². The van der Waals surface area contributed by atoms with Crippen LogP contribution in [0.4, 0.5) is 23.0 Å². The third kappa shape index (κ3) is 4.77. The molecule has 154 valence electrons. The van der Waals surface area contributed by atoms with Gasteiger partial charge < -0.3 is 19.9 Å². The van der Waals surface area contributed by atoms with Crippen molar-refractivity contribution >= 4 is 29.0 Å². The summed E-state index contributed by atoms with van der Waals surface area (Å²) in [6.07, 6.45) is 1.32. The van der Waals surface area contributed by atoms with Crippen LogP contribution in [0.25, 0.3) is 0 Å². The number of carbonyl (C=O) groups excluding carboxylic acids is 1. The van der Waals surface area contributed by atoms with Crippen molar-refractivity contribution in [1.29, 1.82) is 0 Å². The number of hydrogen-bond acceptors (Lipinski definition) is 9. The van der Waals surface area contributed by atoms with Crippen molar-refractivity contribution in [2.24, 2.45) is 0 Å². The number of hydrogen-bond donors (Lipinski definition) is 1. The Hall–Kier alpha value is -3.27. The van der Waals surface area contributed by atoms with E-state index in [1.165, 1.54) is 6.33 Å². The van der Waals surface area contributed by atoms with Crippen molar-refractivity contribution in [2.75, 3.05) is 49.5 Å². The maximum Gasteiger partial charge on any atom is 0.353 e. The van der Waals surface area contributed by atoms with E-state index in [1.807, 2.05) is 4.90 Å². The number of nitrogens with one attached hydrogen (secondary N) is 1. The summed E-state index contributed by atoms with van der Waals surface area (Å²) >= 11 is 0. The van der Waals surface area contributed by atoms with E-state index in [-0.39, 0.29) is 11.5 Å². The summed E-state index contributed by atoms with van der Waals surface area (Å²) < 4.78 is 4.96. The Balaban J connectivity index is 1.82. The van der Waals surface area contributed by atoms with Gasteiger partial charge in [-0.1, -0.05) is 6.92 Å². The van der Waals surface area contributed by atoms with Crippen LogP contribution in [0, 0.1) is 10.1 Å². The van der Waals surface area contributed by atoms with Crippen LogP contribution in [0.15, 0.2) is 30.6 Å². The first-order valence-electron chi connectivity index (χ1n) is 9.54. The number of piperazine rings is 1. The van der Waals surface area contributed by atoms with E-state index < -0.39 is 10.9 Å². The Morgan fingerprint density at radius 2 is 1.86 bits per heavy atom. The summed E-state index contributed by atoms with van der Waals surface area (Å²) in [7, 11) is 0. The smallest absolute Gasteiger partial charge is 0.353 e. The van der Waals surface area contributed by atoms with Crippen LogP contribution in [-0.2, 0) is 4.74 Å². The van der Waals surface area contributed by atoms with E-state index in [0.717, 1.165) is 19.6 Å². The van der Waals surface area contributed by atoms with Gasteiger partial charge >= 0.3 is 11.7 Å². The second-order valence-corrected chi connectivity index (χ2v) is 6.50. The Bertz CT molecular complexity index is 866. The van der Waals surface area contributed by atoms with Crippen molar-refractivity contribution in [1.82, 2.24) is 14.9 Å². The lowest BCUT2D eigenvalue weighted by Gasteiger charge is -2.34. The molecule has 2 heterocycles. The molecule has 10 nitrogen and oxygen atoms in total. The third-order valence-corrected chi connectivity index (χ3v) is 4.76. The van der Waals surface area contributed by atoms with Gasteiger partial charge in [0.1, 0.15) is 6.33 Å². The molecule has 2 aromatic rings. The number of carbonyl (C=O) groups is 1. The van der Waals surface area contributed by atoms with Crippen LogP contribution in [0.5, 0.6) is 0 Å². The highest BCUT2D eigenvalue weighted by Gasteiger charge is 2.29. The number of anilines is 3. The van der Waals surface area contributed by atoms with Crippen molar-refractivity contribution in [3.8, 4) is 0 Å². The van der Waals surface area contributed by atoms with Gasteiger partial charge in [-0.05, 0) is 37.7 Å². The Kier molecular flexibility index (Phi) is 6.55. The summed E-state index contributed by atoms with van der Waals surface area (Å²) in [6, 6.07) is 6.49. The van der Waals surface area contributed by atoms with Gasteiger partial charge in [-0.25, -0.2) is 14.8 Å². The summed E-state index contributed by atoms with van der Waals surface area (Å²) in [4.78, 5) is 35.6. The maximum atomic E-state index is 11.8. The Morgan fingerprint density at radius 1 is 1.17 bits per heavy atom. The van der Waals surface area contributed by atoms with Gasteiger partial charge in [0.15, 0.2) is 0 Å². The molecule has 1 N–H and O–H groups in total. The molecule has 1 aromatic heterocycles. The molecule has 0 spiro atoms. The highest BCUT2D eigenvalue weighted by Crippen LogP contribution is 2.34. The van der Waals surface area contributed by atoms with Crippen LogP contribution < -0.4 is 10.2 Å². The molecule has 1 aromatic carbocycles. The number of likely N-dealkylation sites (N-methyl/N-ethyl adjacent to an activating group) is 1. The van der Waals surface area contributed by atoms with E-state index in [0.29, 0.717) is 36.8 Å². The van der Waals surface area contributed by atoms with E-state index >= 15 is 0 Å². The number of rotatable bonds is 7. The topological polar surface area (TPSA) is 114 Å². The number of esters is 1. The first-order valence-corrected chi connectivity index (χ1v) is 9.54. The average Bonchev–Trinajstić information content (AvgIpc) is 2.74. The molecule has 10 heteroatoms. The second-order valence-electron chi connectivity index (χ2n) is 6.50. The minimum atomic E-state index is -0.461. The number of nitro groups is 1. The summed E-state index contributed by atoms with van der Waals surface area (Å²) in [5.41, 5.74) is 0.817. The molecule has 1 aliphatic heterocycles. The fraction of sp³-hybridized carbons (Fsp3) is 0.421. The zero-order chi connectivity index (χ0) is 20.8. The standard InChI is InChI=1S/C19H24N6O4/c1-3-23-9-11-24(12-10-23)18-16(25(27)28)17(20-13-21-18)22-15-7-5-14(6-8-15)19(26)29-4-2/h5-8,13H,3-4,9-12H2,1-2H3,(H,20,21,22).